The molecular formula is C57H86N2O11. The number of benzene rings is 1. The summed E-state index contributed by atoms with van der Waals surface area (Å²) < 4.78 is 24.1. The normalized spacial score (nSPS) is 38.2. The highest BCUT2D eigenvalue weighted by molar-refractivity contribution is 6.39. The lowest BCUT2D eigenvalue weighted by Crippen LogP contribution is -2.61. The van der Waals surface area contributed by atoms with Crippen molar-refractivity contribution in [3.05, 3.63) is 77.4 Å². The van der Waals surface area contributed by atoms with Gasteiger partial charge in [0.05, 0.1) is 18.3 Å². The number of aliphatic hydroxyl groups excluding tert-OH is 2. The van der Waals surface area contributed by atoms with Gasteiger partial charge in [-0.05, 0) is 146 Å². The Labute approximate surface area is 418 Å². The molecular weight excluding hydrogens is 889 g/mol. The minimum absolute atomic E-state index is 0.0578. The third-order valence-corrected chi connectivity index (χ3v) is 15.7. The zero-order chi connectivity index (χ0) is 51.3. The van der Waals surface area contributed by atoms with Crippen LogP contribution in [0.15, 0.2) is 71.9 Å². The van der Waals surface area contributed by atoms with Crippen LogP contribution in [0.25, 0.3) is 0 Å². The van der Waals surface area contributed by atoms with E-state index in [-0.39, 0.29) is 54.1 Å². The highest BCUT2D eigenvalue weighted by atomic mass is 16.6. The van der Waals surface area contributed by atoms with Gasteiger partial charge in [-0.25, -0.2) is 4.79 Å². The molecule has 1 saturated carbocycles. The number of carbonyl (C=O) groups is 4. The number of Topliss-reactive ketones (excluding diaryl/α,β-unsaturated/α-hetero) is 2. The number of nitrogens with one attached hydrogen (secondary N) is 1. The Bertz CT molecular complexity index is 2010. The molecule has 1 aromatic rings. The van der Waals surface area contributed by atoms with Gasteiger partial charge in [0, 0.05) is 44.3 Å². The number of ketones is 2. The molecule has 5 rings (SSSR count). The van der Waals surface area contributed by atoms with Crippen molar-refractivity contribution < 1.29 is 53.4 Å². The second kappa shape index (κ2) is 26.6. The molecule has 13 heteroatoms. The standard InChI is InChI=1S/C57H86N2O11/c1-35-19-24-44(25-20-35)58-46-34-45-26-22-42(8)57(66,70-45)54(63)55(64)59-29-15-14-18-47(59)56(65)69-49(39(5)32-43-23-27-48(60)50(33-43)67-9)28-21-37(3)31-41(7)52(62)53(68-10)51(61)40(6)30-36(2)16-12-11-13-17-38(46)4/h11-13,16-17,19-20,24-25,31,36-37,39-40,42-43,45-50,52-53,58,60,62,66H,14-15,18,21-23,26-30,32-34H2,1-10H3/b13-11+,16-12+,38-17+,41-31+/t36-,37+,39-,40-,42?,43?,45+,46+,47?,48-,49+,50-,52-,53+,57-/m1/s1. The third-order valence-electron chi connectivity index (χ3n) is 15.7. The summed E-state index contributed by atoms with van der Waals surface area (Å²) >= 11 is 0. The predicted molar refractivity (Wildman–Crippen MR) is 273 cm³/mol. The van der Waals surface area contributed by atoms with Crippen molar-refractivity contribution in [2.75, 3.05) is 26.1 Å². The number of hydrogen-bond acceptors (Lipinski definition) is 12. The Morgan fingerprint density at radius 3 is 2.24 bits per heavy atom. The fourth-order valence-corrected chi connectivity index (χ4v) is 11.1. The van der Waals surface area contributed by atoms with E-state index in [4.69, 9.17) is 18.9 Å². The van der Waals surface area contributed by atoms with Gasteiger partial charge in [0.15, 0.2) is 5.78 Å². The van der Waals surface area contributed by atoms with E-state index >= 15 is 0 Å². The second-order valence-electron chi connectivity index (χ2n) is 21.5. The van der Waals surface area contributed by atoms with Crippen molar-refractivity contribution in [2.24, 2.45) is 35.5 Å². The number of rotatable bonds is 7. The van der Waals surface area contributed by atoms with E-state index in [0.717, 1.165) is 29.7 Å². The number of allylic oxidation sites excluding steroid dienone is 6. The molecule has 70 heavy (non-hydrogen) atoms. The topological polar surface area (TPSA) is 181 Å². The van der Waals surface area contributed by atoms with Gasteiger partial charge in [-0.3, -0.25) is 14.4 Å². The maximum absolute atomic E-state index is 14.5. The van der Waals surface area contributed by atoms with Crippen LogP contribution >= 0.6 is 0 Å². The van der Waals surface area contributed by atoms with Gasteiger partial charge >= 0.3 is 5.97 Å². The summed E-state index contributed by atoms with van der Waals surface area (Å²) in [4.78, 5) is 58.5. The number of anilines is 1. The zero-order valence-electron chi connectivity index (χ0n) is 43.8. The van der Waals surface area contributed by atoms with E-state index in [2.05, 4.69) is 25.2 Å². The summed E-state index contributed by atoms with van der Waals surface area (Å²) in [6, 6.07) is 6.78. The first-order valence-corrected chi connectivity index (χ1v) is 26.2. The summed E-state index contributed by atoms with van der Waals surface area (Å²) in [5.74, 6) is -6.13. The van der Waals surface area contributed by atoms with Gasteiger partial charge in [0.1, 0.15) is 24.4 Å². The molecule has 2 bridgehead atoms. The number of cyclic esters (lactones) is 1. The first kappa shape index (κ1) is 56.9. The molecule has 1 aliphatic carbocycles. The van der Waals surface area contributed by atoms with Crippen molar-refractivity contribution in [3.63, 3.8) is 0 Å². The van der Waals surface area contributed by atoms with Crippen molar-refractivity contribution in [3.8, 4) is 0 Å². The van der Waals surface area contributed by atoms with E-state index in [9.17, 15) is 34.5 Å². The number of ether oxygens (including phenoxy) is 4. The SMILES string of the molecule is CO[C@@H]1CC(C[C@@H](C)[C@@H]2CC[C@H](C)/C=C(\C)[C@@H](O)[C@@H](OC)C(=O)[C@H](C)C[C@H](C)/C=C/C=C/C=C(\C)[C@@H](Nc3ccc(C)cc3)C[C@@H]3CCC(C)[C@@](O)(O3)C(=O)C(=O)N3CCCCC3C(=O)O2)CC[C@H]1O. The molecule has 4 N–H and O–H groups in total. The van der Waals surface area contributed by atoms with Crippen molar-refractivity contribution in [1.82, 2.24) is 4.90 Å². The monoisotopic (exact) mass is 975 g/mol. The van der Waals surface area contributed by atoms with Crippen LogP contribution in [-0.4, -0.2) is 119 Å². The molecule has 1 aromatic carbocycles. The van der Waals surface area contributed by atoms with Crippen LogP contribution < -0.4 is 5.32 Å². The summed E-state index contributed by atoms with van der Waals surface area (Å²) in [6.45, 7) is 15.7. The van der Waals surface area contributed by atoms with Gasteiger partial charge < -0.3 is 44.5 Å². The number of amides is 1. The van der Waals surface area contributed by atoms with Crippen LogP contribution in [0.2, 0.25) is 0 Å². The molecule has 0 spiro atoms. The number of fused-ring (bicyclic) bond motifs is 3. The average Bonchev–Trinajstić information content (AvgIpc) is 3.33. The van der Waals surface area contributed by atoms with E-state index in [1.54, 1.807) is 21.0 Å². The molecule has 13 nitrogen and oxygen atoms in total. The second-order valence-corrected chi connectivity index (χ2v) is 21.5. The van der Waals surface area contributed by atoms with Gasteiger partial charge in [-0.2, -0.15) is 0 Å². The smallest absolute Gasteiger partial charge is 0.329 e. The van der Waals surface area contributed by atoms with Crippen LogP contribution in [-0.2, 0) is 38.1 Å². The lowest BCUT2D eigenvalue weighted by Gasteiger charge is -2.43. The third kappa shape index (κ3) is 15.3. The number of esters is 1. The van der Waals surface area contributed by atoms with Gasteiger partial charge in [0.25, 0.3) is 11.7 Å². The Hall–Kier alpha value is -3.98. The number of hydrogen-bond donors (Lipinski definition) is 4. The first-order valence-electron chi connectivity index (χ1n) is 26.2. The number of carbonyl (C=O) groups excluding carboxylic acids is 4. The molecule has 3 aliphatic heterocycles. The fraction of sp³-hybridized carbons (Fsp3) is 0.684. The van der Waals surface area contributed by atoms with E-state index in [0.29, 0.717) is 76.2 Å². The highest BCUT2D eigenvalue weighted by Gasteiger charge is 2.53. The maximum Gasteiger partial charge on any atom is 0.329 e. The summed E-state index contributed by atoms with van der Waals surface area (Å²) in [5.41, 5.74) is 3.61. The minimum Gasteiger partial charge on any atom is -0.461 e. The van der Waals surface area contributed by atoms with E-state index < -0.39 is 65.9 Å². The van der Waals surface area contributed by atoms with Crippen LogP contribution in [0.1, 0.15) is 138 Å². The number of methoxy groups -OCH3 is 2. The van der Waals surface area contributed by atoms with Gasteiger partial charge in [-0.15, -0.1) is 0 Å². The van der Waals surface area contributed by atoms with Crippen LogP contribution in [0.3, 0.4) is 0 Å². The van der Waals surface area contributed by atoms with Crippen molar-refractivity contribution in [2.45, 2.75) is 193 Å². The van der Waals surface area contributed by atoms with Crippen molar-refractivity contribution >= 4 is 29.1 Å². The van der Waals surface area contributed by atoms with Gasteiger partial charge in [0.2, 0.25) is 5.79 Å². The Balaban J connectivity index is 1.48. The van der Waals surface area contributed by atoms with Crippen LogP contribution in [0.5, 0.6) is 0 Å². The van der Waals surface area contributed by atoms with E-state index in [1.165, 1.54) is 12.0 Å². The summed E-state index contributed by atoms with van der Waals surface area (Å²) in [7, 11) is 3.06. The molecule has 0 aromatic heterocycles. The Morgan fingerprint density at radius 2 is 1.54 bits per heavy atom. The Kier molecular flexibility index (Phi) is 21.7. The van der Waals surface area contributed by atoms with Gasteiger partial charge in [-0.1, -0.05) is 94.3 Å². The molecule has 4 aliphatic rings. The quantitative estimate of drug-likeness (QED) is 0.116. The number of nitrogens with zero attached hydrogens (tertiary/aromatic N) is 1. The average molecular weight is 975 g/mol. The highest BCUT2D eigenvalue weighted by Crippen LogP contribution is 2.38. The molecule has 390 valence electrons. The summed E-state index contributed by atoms with van der Waals surface area (Å²) in [6.07, 6.45) is 15.1. The number of piperidine rings is 1. The maximum atomic E-state index is 14.5. The molecule has 3 heterocycles. The summed E-state index contributed by atoms with van der Waals surface area (Å²) in [5, 5.41) is 37.9. The molecule has 2 saturated heterocycles. The van der Waals surface area contributed by atoms with Crippen molar-refractivity contribution in [1.29, 1.82) is 0 Å². The fourth-order valence-electron chi connectivity index (χ4n) is 11.1. The molecule has 1 amide bonds. The minimum atomic E-state index is -2.40. The van der Waals surface area contributed by atoms with Crippen LogP contribution in [0.4, 0.5) is 5.69 Å². The number of aryl methyl sites for hydroxylation is 1. The lowest BCUT2D eigenvalue weighted by atomic mass is 9.78. The molecule has 15 atom stereocenters. The first-order chi connectivity index (χ1) is 33.3. The predicted octanol–water partition coefficient (Wildman–Crippen LogP) is 8.78. The lowest BCUT2D eigenvalue weighted by molar-refractivity contribution is -0.263. The molecule has 3 unspecified atom stereocenters. The van der Waals surface area contributed by atoms with Crippen LogP contribution in [0, 0.1) is 42.4 Å². The zero-order valence-corrected chi connectivity index (χ0v) is 43.8. The Morgan fingerprint density at radius 1 is 0.814 bits per heavy atom. The number of aliphatic hydroxyl groups is 3. The largest absolute Gasteiger partial charge is 0.461 e. The molecule has 3 fully saturated rings. The van der Waals surface area contributed by atoms with E-state index in [1.807, 2.05) is 82.3 Å². The molecule has 0 radical (unpaired) electrons.